The van der Waals surface area contributed by atoms with Crippen LogP contribution >= 0.6 is 0 Å². The van der Waals surface area contributed by atoms with E-state index in [2.05, 4.69) is 33.8 Å². The van der Waals surface area contributed by atoms with E-state index in [0.717, 1.165) is 56.5 Å². The van der Waals surface area contributed by atoms with E-state index in [1.54, 1.807) is 12.7 Å². The normalized spacial score (nSPS) is 51.8. The third-order valence-corrected chi connectivity index (χ3v) is 11.5. The molecule has 5 rings (SSSR count). The fourth-order valence-corrected chi connectivity index (χ4v) is 9.76. The number of rotatable bonds is 6. The summed E-state index contributed by atoms with van der Waals surface area (Å²) in [6, 6.07) is 0. The number of hydrogen-bond donors (Lipinski definition) is 1. The van der Waals surface area contributed by atoms with Crippen molar-refractivity contribution in [2.75, 3.05) is 20.8 Å². The van der Waals surface area contributed by atoms with Crippen molar-refractivity contribution in [3.8, 4) is 0 Å². The zero-order valence-corrected chi connectivity index (χ0v) is 21.9. The highest BCUT2D eigenvalue weighted by Gasteiger charge is 2.68. The van der Waals surface area contributed by atoms with Gasteiger partial charge in [-0.2, -0.15) is 0 Å². The van der Waals surface area contributed by atoms with Gasteiger partial charge in [0, 0.05) is 33.2 Å². The minimum atomic E-state index is -0.437. The highest BCUT2D eigenvalue weighted by molar-refractivity contribution is 5.26. The number of allylic oxidation sites excluding steroid dienone is 1. The Morgan fingerprint density at radius 2 is 1.97 bits per heavy atom. The average molecular weight is 461 g/mol. The smallest absolute Gasteiger partial charge is 0.171 e. The standard InChI is InChI=1S/C29H48O4/c1-18(17-31-5)9-14-29(32-6)19(2)26-25(33-29)16-24-22-8-7-20-15-21(30)10-12-27(20,3)23(22)11-13-28(24,26)4/h7,18-19,21-26,30H,8-17H2,1-6H3/t18?,19-,21?,22+,23-,24-,25-,26-,27-,28-,29?/m0/s1. The fourth-order valence-electron chi connectivity index (χ4n) is 9.76. The topological polar surface area (TPSA) is 47.9 Å². The van der Waals surface area contributed by atoms with E-state index in [-0.39, 0.29) is 6.10 Å². The molecule has 11 atom stereocenters. The Kier molecular flexibility index (Phi) is 6.33. The Balaban J connectivity index is 1.36. The molecule has 4 heteroatoms. The summed E-state index contributed by atoms with van der Waals surface area (Å²) < 4.78 is 18.5. The van der Waals surface area contributed by atoms with Gasteiger partial charge >= 0.3 is 0 Å². The second kappa shape index (κ2) is 8.61. The molecule has 1 saturated heterocycles. The Bertz CT molecular complexity index is 765. The lowest BCUT2D eigenvalue weighted by Crippen LogP contribution is -2.52. The molecule has 0 aromatic heterocycles. The first-order valence-electron chi connectivity index (χ1n) is 13.8. The van der Waals surface area contributed by atoms with Gasteiger partial charge in [0.15, 0.2) is 5.79 Å². The third kappa shape index (κ3) is 3.60. The van der Waals surface area contributed by atoms with E-state index in [1.165, 1.54) is 25.7 Å². The fraction of sp³-hybridized carbons (Fsp3) is 0.931. The monoisotopic (exact) mass is 460 g/mol. The second-order valence-electron chi connectivity index (χ2n) is 13.0. The summed E-state index contributed by atoms with van der Waals surface area (Å²) in [6.45, 7) is 10.6. The number of aliphatic hydroxyl groups excluding tert-OH is 1. The number of aliphatic hydroxyl groups is 1. The van der Waals surface area contributed by atoms with Crippen molar-refractivity contribution in [3.05, 3.63) is 11.6 Å². The molecule has 4 fully saturated rings. The van der Waals surface area contributed by atoms with Crippen molar-refractivity contribution in [1.82, 2.24) is 0 Å². The van der Waals surface area contributed by atoms with Crippen molar-refractivity contribution in [1.29, 1.82) is 0 Å². The number of fused-ring (bicyclic) bond motifs is 7. The molecule has 3 saturated carbocycles. The molecule has 0 aromatic rings. The van der Waals surface area contributed by atoms with Gasteiger partial charge in [0.05, 0.1) is 12.2 Å². The first-order valence-corrected chi connectivity index (χ1v) is 13.8. The molecule has 0 radical (unpaired) electrons. The zero-order chi connectivity index (χ0) is 23.6. The molecule has 0 amide bonds. The van der Waals surface area contributed by atoms with Gasteiger partial charge in [-0.25, -0.2) is 0 Å². The van der Waals surface area contributed by atoms with E-state index in [9.17, 15) is 5.11 Å². The molecular formula is C29H48O4. The Hall–Kier alpha value is -0.420. The molecule has 1 N–H and O–H groups in total. The van der Waals surface area contributed by atoms with Crippen LogP contribution in [0.15, 0.2) is 11.6 Å². The predicted molar refractivity (Wildman–Crippen MR) is 131 cm³/mol. The third-order valence-electron chi connectivity index (χ3n) is 11.5. The molecular weight excluding hydrogens is 412 g/mol. The summed E-state index contributed by atoms with van der Waals surface area (Å²) in [5.74, 6) is 3.39. The van der Waals surface area contributed by atoms with Gasteiger partial charge in [0.25, 0.3) is 0 Å². The van der Waals surface area contributed by atoms with Crippen molar-refractivity contribution in [2.45, 2.75) is 103 Å². The summed E-state index contributed by atoms with van der Waals surface area (Å²) in [7, 11) is 3.65. The van der Waals surface area contributed by atoms with Crippen LogP contribution in [0.3, 0.4) is 0 Å². The lowest BCUT2D eigenvalue weighted by molar-refractivity contribution is -0.238. The SMILES string of the molecule is COCC(C)CCC1(OC)O[C@H]2C[C@H]3[C@@H]4CC=C5CC(O)CC[C@]5(C)[C@H]4CC[C@]3(C)[C@H]2[C@@H]1C. The lowest BCUT2D eigenvalue weighted by Gasteiger charge is -2.58. The van der Waals surface area contributed by atoms with Crippen LogP contribution in [0, 0.1) is 46.3 Å². The molecule has 4 nitrogen and oxygen atoms in total. The van der Waals surface area contributed by atoms with Gasteiger partial charge in [0.2, 0.25) is 0 Å². The number of ether oxygens (including phenoxy) is 3. The average Bonchev–Trinajstić information content (AvgIpc) is 3.24. The van der Waals surface area contributed by atoms with Gasteiger partial charge in [-0.3, -0.25) is 0 Å². The summed E-state index contributed by atoms with van der Waals surface area (Å²) in [5.41, 5.74) is 2.22. The first-order chi connectivity index (χ1) is 15.7. The highest BCUT2D eigenvalue weighted by atomic mass is 16.7. The van der Waals surface area contributed by atoms with Crippen molar-refractivity contribution in [3.63, 3.8) is 0 Å². The molecule has 0 aromatic carbocycles. The van der Waals surface area contributed by atoms with Crippen LogP contribution in [0.4, 0.5) is 0 Å². The highest BCUT2D eigenvalue weighted by Crippen LogP contribution is 2.70. The van der Waals surface area contributed by atoms with Gasteiger partial charge in [-0.15, -0.1) is 0 Å². The molecule has 33 heavy (non-hydrogen) atoms. The maximum absolute atomic E-state index is 10.3. The van der Waals surface area contributed by atoms with E-state index in [4.69, 9.17) is 14.2 Å². The quantitative estimate of drug-likeness (QED) is 0.496. The molecule has 4 aliphatic carbocycles. The van der Waals surface area contributed by atoms with E-state index in [0.29, 0.717) is 34.7 Å². The van der Waals surface area contributed by atoms with E-state index in [1.807, 2.05) is 7.11 Å². The molecule has 0 spiro atoms. The summed E-state index contributed by atoms with van der Waals surface area (Å²) in [5, 5.41) is 10.3. The molecule has 3 unspecified atom stereocenters. The van der Waals surface area contributed by atoms with Crippen molar-refractivity contribution < 1.29 is 19.3 Å². The van der Waals surface area contributed by atoms with Crippen molar-refractivity contribution in [2.24, 2.45) is 46.3 Å². The predicted octanol–water partition coefficient (Wildman–Crippen LogP) is 5.98. The number of methoxy groups -OCH3 is 2. The maximum atomic E-state index is 10.3. The first kappa shape index (κ1) is 24.3. The van der Waals surface area contributed by atoms with Crippen LogP contribution in [0.5, 0.6) is 0 Å². The Labute approximate surface area is 201 Å². The second-order valence-corrected chi connectivity index (χ2v) is 13.0. The summed E-state index contributed by atoms with van der Waals surface area (Å²) in [6.07, 6.45) is 12.9. The van der Waals surface area contributed by atoms with Gasteiger partial charge in [0.1, 0.15) is 0 Å². The van der Waals surface area contributed by atoms with Crippen LogP contribution < -0.4 is 0 Å². The van der Waals surface area contributed by atoms with Crippen LogP contribution in [-0.4, -0.2) is 43.9 Å². The molecule has 1 aliphatic heterocycles. The molecule has 5 aliphatic rings. The van der Waals surface area contributed by atoms with Gasteiger partial charge < -0.3 is 19.3 Å². The van der Waals surface area contributed by atoms with Crippen LogP contribution in [-0.2, 0) is 14.2 Å². The largest absolute Gasteiger partial charge is 0.393 e. The van der Waals surface area contributed by atoms with E-state index >= 15 is 0 Å². The lowest BCUT2D eigenvalue weighted by atomic mass is 9.47. The molecule has 188 valence electrons. The van der Waals surface area contributed by atoms with Gasteiger partial charge in [-0.05, 0) is 91.8 Å². The van der Waals surface area contributed by atoms with E-state index < -0.39 is 5.79 Å². The Morgan fingerprint density at radius 3 is 2.70 bits per heavy atom. The van der Waals surface area contributed by atoms with Crippen LogP contribution in [0.2, 0.25) is 0 Å². The van der Waals surface area contributed by atoms with Crippen LogP contribution in [0.1, 0.15) is 85.5 Å². The Morgan fingerprint density at radius 1 is 1.18 bits per heavy atom. The van der Waals surface area contributed by atoms with Crippen LogP contribution in [0.25, 0.3) is 0 Å². The zero-order valence-electron chi connectivity index (χ0n) is 21.9. The maximum Gasteiger partial charge on any atom is 0.171 e. The van der Waals surface area contributed by atoms with Crippen molar-refractivity contribution >= 4 is 0 Å². The minimum absolute atomic E-state index is 0.122. The summed E-state index contributed by atoms with van der Waals surface area (Å²) in [4.78, 5) is 0. The molecule has 1 heterocycles. The summed E-state index contributed by atoms with van der Waals surface area (Å²) >= 11 is 0. The molecule has 0 bridgehead atoms. The minimum Gasteiger partial charge on any atom is -0.393 e. The van der Waals surface area contributed by atoms with Gasteiger partial charge in [-0.1, -0.05) is 39.3 Å². The number of hydrogen-bond acceptors (Lipinski definition) is 4.